The largest absolute Gasteiger partial charge is 0.486 e. The molecule has 1 N–H and O–H groups in total. The van der Waals surface area contributed by atoms with E-state index in [-0.39, 0.29) is 24.9 Å². The first kappa shape index (κ1) is 26.5. The predicted octanol–water partition coefficient (Wildman–Crippen LogP) is 5.25. The third-order valence-electron chi connectivity index (χ3n) is 5.12. The van der Waals surface area contributed by atoms with Crippen LogP contribution in [-0.4, -0.2) is 39.0 Å². The number of thiophene rings is 1. The Hall–Kier alpha value is -3.11. The van der Waals surface area contributed by atoms with E-state index < -0.39 is 5.97 Å². The second-order valence-corrected chi connectivity index (χ2v) is 10.1. The van der Waals surface area contributed by atoms with Gasteiger partial charge >= 0.3 is 5.97 Å². The Labute approximate surface area is 213 Å². The quantitative estimate of drug-likeness (QED) is 0.212. The zero-order valence-electron chi connectivity index (χ0n) is 20.6. The van der Waals surface area contributed by atoms with Crippen LogP contribution in [0.4, 0.5) is 5.00 Å². The second-order valence-electron chi connectivity index (χ2n) is 7.95. The third-order valence-corrected chi connectivity index (χ3v) is 7.21. The summed E-state index contributed by atoms with van der Waals surface area (Å²) in [6.07, 6.45) is 1.75. The molecule has 0 unspecified atom stereocenters. The van der Waals surface area contributed by atoms with Crippen molar-refractivity contribution in [3.05, 3.63) is 63.8 Å². The molecule has 186 valence electrons. The SMILES string of the molecule is C=CCn1c(COc2cc(C)cc(C)c2)nnc1SCC(=O)Nc1sc(C)c(C)c1C(=O)OCC. The van der Waals surface area contributed by atoms with E-state index in [0.29, 0.717) is 28.1 Å². The lowest BCUT2D eigenvalue weighted by atomic mass is 10.1. The van der Waals surface area contributed by atoms with Crippen molar-refractivity contribution in [1.29, 1.82) is 0 Å². The van der Waals surface area contributed by atoms with E-state index in [1.807, 2.05) is 44.4 Å². The lowest BCUT2D eigenvalue weighted by Crippen LogP contribution is -2.17. The fourth-order valence-corrected chi connectivity index (χ4v) is 5.30. The Morgan fingerprint density at radius 1 is 1.17 bits per heavy atom. The summed E-state index contributed by atoms with van der Waals surface area (Å²) in [6.45, 7) is 14.4. The Balaban J connectivity index is 1.67. The van der Waals surface area contributed by atoms with Crippen LogP contribution in [0.3, 0.4) is 0 Å². The van der Waals surface area contributed by atoms with Crippen molar-refractivity contribution in [3.63, 3.8) is 0 Å². The number of allylic oxidation sites excluding steroid dienone is 1. The van der Waals surface area contributed by atoms with Gasteiger partial charge in [0.25, 0.3) is 0 Å². The molecule has 0 saturated carbocycles. The molecule has 1 amide bonds. The van der Waals surface area contributed by atoms with E-state index >= 15 is 0 Å². The van der Waals surface area contributed by atoms with Gasteiger partial charge in [-0.3, -0.25) is 9.36 Å². The Morgan fingerprint density at radius 3 is 2.54 bits per heavy atom. The molecular weight excluding hydrogens is 484 g/mol. The van der Waals surface area contributed by atoms with Gasteiger partial charge in [0.1, 0.15) is 17.4 Å². The van der Waals surface area contributed by atoms with E-state index in [1.54, 1.807) is 13.0 Å². The number of ether oxygens (including phenoxy) is 2. The van der Waals surface area contributed by atoms with E-state index in [9.17, 15) is 9.59 Å². The van der Waals surface area contributed by atoms with Gasteiger partial charge in [-0.1, -0.05) is 23.9 Å². The van der Waals surface area contributed by atoms with Crippen LogP contribution in [-0.2, 0) is 22.7 Å². The second kappa shape index (κ2) is 12.0. The highest BCUT2D eigenvalue weighted by Crippen LogP contribution is 2.33. The Kier molecular flexibility index (Phi) is 9.11. The number of anilines is 1. The van der Waals surface area contributed by atoms with E-state index in [0.717, 1.165) is 27.3 Å². The Morgan fingerprint density at radius 2 is 1.89 bits per heavy atom. The molecule has 35 heavy (non-hydrogen) atoms. The van der Waals surface area contributed by atoms with Gasteiger partial charge in [-0.15, -0.1) is 28.1 Å². The van der Waals surface area contributed by atoms with Gasteiger partial charge in [-0.2, -0.15) is 0 Å². The van der Waals surface area contributed by atoms with Crippen molar-refractivity contribution in [3.8, 4) is 5.75 Å². The maximum Gasteiger partial charge on any atom is 0.341 e. The van der Waals surface area contributed by atoms with Gasteiger partial charge < -0.3 is 14.8 Å². The molecular formula is C25H30N4O4S2. The minimum absolute atomic E-state index is 0.103. The van der Waals surface area contributed by atoms with E-state index in [4.69, 9.17) is 9.47 Å². The van der Waals surface area contributed by atoms with Crippen molar-refractivity contribution < 1.29 is 19.1 Å². The standard InChI is InChI=1S/C25H30N4O4S2/c1-7-9-29-20(13-33-19-11-15(3)10-16(4)12-19)27-28-25(29)34-14-21(30)26-23-22(24(31)32-8-2)17(5)18(6)35-23/h7,10-12H,1,8-9,13-14H2,2-6H3,(H,26,30). The summed E-state index contributed by atoms with van der Waals surface area (Å²) in [5.41, 5.74) is 3.47. The average molecular weight is 515 g/mol. The zero-order valence-corrected chi connectivity index (χ0v) is 22.3. The molecule has 0 aliphatic rings. The number of amides is 1. The van der Waals surface area contributed by atoms with Crippen LogP contribution in [0.25, 0.3) is 0 Å². The van der Waals surface area contributed by atoms with Crippen molar-refractivity contribution in [1.82, 2.24) is 14.8 Å². The monoisotopic (exact) mass is 514 g/mol. The number of carbonyl (C=O) groups excluding carboxylic acids is 2. The summed E-state index contributed by atoms with van der Waals surface area (Å²) < 4.78 is 13.0. The summed E-state index contributed by atoms with van der Waals surface area (Å²) in [5.74, 6) is 0.828. The van der Waals surface area contributed by atoms with Crippen LogP contribution in [0.5, 0.6) is 5.75 Å². The maximum atomic E-state index is 12.7. The molecule has 3 aromatic rings. The van der Waals surface area contributed by atoms with Crippen molar-refractivity contribution in [2.45, 2.75) is 52.9 Å². The summed E-state index contributed by atoms with van der Waals surface area (Å²) in [4.78, 5) is 26.0. The number of carbonyl (C=O) groups is 2. The lowest BCUT2D eigenvalue weighted by Gasteiger charge is -2.10. The van der Waals surface area contributed by atoms with Gasteiger partial charge in [0.2, 0.25) is 5.91 Å². The van der Waals surface area contributed by atoms with Gasteiger partial charge in [-0.05, 0) is 63.4 Å². The molecule has 2 heterocycles. The highest BCUT2D eigenvalue weighted by Gasteiger charge is 2.22. The highest BCUT2D eigenvalue weighted by molar-refractivity contribution is 7.99. The van der Waals surface area contributed by atoms with Gasteiger partial charge in [0.05, 0.1) is 17.9 Å². The van der Waals surface area contributed by atoms with E-state index in [2.05, 4.69) is 28.2 Å². The van der Waals surface area contributed by atoms with Crippen LogP contribution in [0, 0.1) is 27.7 Å². The number of rotatable bonds is 11. The minimum Gasteiger partial charge on any atom is -0.486 e. The molecule has 0 saturated heterocycles. The number of hydrogen-bond donors (Lipinski definition) is 1. The number of nitrogens with one attached hydrogen (secondary N) is 1. The van der Waals surface area contributed by atoms with Crippen LogP contribution in [0.1, 0.15) is 44.7 Å². The molecule has 10 heteroatoms. The molecule has 0 spiro atoms. The van der Waals surface area contributed by atoms with Gasteiger partial charge in [0.15, 0.2) is 11.0 Å². The maximum absolute atomic E-state index is 12.7. The fourth-order valence-electron chi connectivity index (χ4n) is 3.47. The zero-order chi connectivity index (χ0) is 25.5. The smallest absolute Gasteiger partial charge is 0.341 e. The van der Waals surface area contributed by atoms with Crippen LogP contribution < -0.4 is 10.1 Å². The number of aryl methyl sites for hydroxylation is 3. The summed E-state index contributed by atoms with van der Waals surface area (Å²) >= 11 is 2.62. The topological polar surface area (TPSA) is 95.3 Å². The van der Waals surface area contributed by atoms with Crippen LogP contribution in [0.15, 0.2) is 36.0 Å². The van der Waals surface area contributed by atoms with Crippen LogP contribution >= 0.6 is 23.1 Å². The molecule has 8 nitrogen and oxygen atoms in total. The number of hydrogen-bond acceptors (Lipinski definition) is 8. The molecule has 0 aliphatic carbocycles. The van der Waals surface area contributed by atoms with Crippen molar-refractivity contribution in [2.24, 2.45) is 0 Å². The minimum atomic E-state index is -0.434. The van der Waals surface area contributed by atoms with Crippen LogP contribution in [0.2, 0.25) is 0 Å². The van der Waals surface area contributed by atoms with Crippen molar-refractivity contribution in [2.75, 3.05) is 17.7 Å². The average Bonchev–Trinajstić information content (AvgIpc) is 3.30. The molecule has 0 radical (unpaired) electrons. The number of nitrogens with zero attached hydrogens (tertiary/aromatic N) is 3. The fraction of sp³-hybridized carbons (Fsp3) is 0.360. The predicted molar refractivity (Wildman–Crippen MR) is 140 cm³/mol. The first-order chi connectivity index (χ1) is 16.7. The molecule has 0 aliphatic heterocycles. The molecule has 3 rings (SSSR count). The lowest BCUT2D eigenvalue weighted by molar-refractivity contribution is -0.113. The van der Waals surface area contributed by atoms with E-state index in [1.165, 1.54) is 23.1 Å². The summed E-state index contributed by atoms with van der Waals surface area (Å²) in [5, 5.41) is 12.4. The molecule has 0 bridgehead atoms. The molecule has 1 aromatic carbocycles. The van der Waals surface area contributed by atoms with Gasteiger partial charge in [0, 0.05) is 11.4 Å². The van der Waals surface area contributed by atoms with Crippen molar-refractivity contribution >= 4 is 40.0 Å². The normalized spacial score (nSPS) is 10.8. The first-order valence-corrected chi connectivity index (χ1v) is 13.0. The number of aromatic nitrogens is 3. The first-order valence-electron chi connectivity index (χ1n) is 11.2. The molecule has 0 atom stereocenters. The molecule has 2 aromatic heterocycles. The summed E-state index contributed by atoms with van der Waals surface area (Å²) in [7, 11) is 0. The molecule has 0 fully saturated rings. The number of benzene rings is 1. The highest BCUT2D eigenvalue weighted by atomic mass is 32.2. The Bertz CT molecular complexity index is 1210. The number of thioether (sulfide) groups is 1. The third kappa shape index (κ3) is 6.73. The number of esters is 1. The van der Waals surface area contributed by atoms with Gasteiger partial charge in [-0.25, -0.2) is 4.79 Å². The summed E-state index contributed by atoms with van der Waals surface area (Å²) in [6, 6.07) is 6.03.